The maximum atomic E-state index is 12.9. The maximum Gasteiger partial charge on any atom is 0.261 e. The zero-order chi connectivity index (χ0) is 24.0. The highest BCUT2D eigenvalue weighted by molar-refractivity contribution is 5.97. The van der Waals surface area contributed by atoms with E-state index in [9.17, 15) is 9.59 Å². The van der Waals surface area contributed by atoms with Crippen LogP contribution in [-0.2, 0) is 17.9 Å². The van der Waals surface area contributed by atoms with E-state index in [1.54, 1.807) is 29.1 Å². The number of rotatable bonds is 7. The average molecular weight is 468 g/mol. The second-order valence-electron chi connectivity index (χ2n) is 9.14. The number of nitrogens with zero attached hydrogens (tertiary/aromatic N) is 2. The van der Waals surface area contributed by atoms with Gasteiger partial charge < -0.3 is 10.1 Å². The summed E-state index contributed by atoms with van der Waals surface area (Å²) in [6.45, 7) is 1.09. The number of hydrogen-bond acceptors (Lipinski definition) is 4. The predicted octanol–water partition coefficient (Wildman–Crippen LogP) is 4.70. The van der Waals surface area contributed by atoms with Crippen molar-refractivity contribution in [1.82, 2.24) is 14.9 Å². The minimum absolute atomic E-state index is 0.111. The molecule has 6 nitrogen and oxygen atoms in total. The van der Waals surface area contributed by atoms with Crippen molar-refractivity contribution in [1.29, 1.82) is 0 Å². The number of hydrogen-bond donors (Lipinski definition) is 1. The molecule has 3 aromatic carbocycles. The molecule has 0 atom stereocenters. The summed E-state index contributed by atoms with van der Waals surface area (Å²) in [7, 11) is 0. The van der Waals surface area contributed by atoms with Crippen LogP contribution in [0.1, 0.15) is 47.2 Å². The van der Waals surface area contributed by atoms with Crippen LogP contribution in [0.5, 0.6) is 0 Å². The molecule has 1 aromatic heterocycles. The molecule has 1 aliphatic rings. The Labute approximate surface area is 204 Å². The van der Waals surface area contributed by atoms with Crippen LogP contribution in [0.25, 0.3) is 10.9 Å². The van der Waals surface area contributed by atoms with E-state index in [2.05, 4.69) is 22.4 Å². The first kappa shape index (κ1) is 23.0. The second-order valence-corrected chi connectivity index (χ2v) is 9.14. The Balaban J connectivity index is 1.18. The number of aromatic nitrogens is 2. The zero-order valence-electron chi connectivity index (χ0n) is 19.6. The third kappa shape index (κ3) is 5.66. The van der Waals surface area contributed by atoms with Crippen molar-refractivity contribution in [2.75, 3.05) is 0 Å². The second kappa shape index (κ2) is 10.7. The molecule has 6 heteroatoms. The van der Waals surface area contributed by atoms with Gasteiger partial charge >= 0.3 is 0 Å². The van der Waals surface area contributed by atoms with Crippen LogP contribution in [0.4, 0.5) is 0 Å². The Morgan fingerprint density at radius 3 is 2.31 bits per heavy atom. The summed E-state index contributed by atoms with van der Waals surface area (Å²) in [6.07, 6.45) is 5.42. The summed E-state index contributed by atoms with van der Waals surface area (Å²) in [6, 6.07) is 25.2. The van der Waals surface area contributed by atoms with Crippen molar-refractivity contribution >= 4 is 16.8 Å². The zero-order valence-corrected chi connectivity index (χ0v) is 19.6. The van der Waals surface area contributed by atoms with Crippen LogP contribution in [0.2, 0.25) is 0 Å². The van der Waals surface area contributed by atoms with E-state index in [1.807, 2.05) is 48.5 Å². The summed E-state index contributed by atoms with van der Waals surface area (Å²) in [4.78, 5) is 30.3. The molecule has 0 bridgehead atoms. The van der Waals surface area contributed by atoms with E-state index < -0.39 is 0 Å². The average Bonchev–Trinajstić information content (AvgIpc) is 2.91. The van der Waals surface area contributed by atoms with Gasteiger partial charge in [-0.25, -0.2) is 4.98 Å². The van der Waals surface area contributed by atoms with Crippen LogP contribution in [0.3, 0.4) is 0 Å². The first-order chi connectivity index (χ1) is 17.2. The minimum Gasteiger partial charge on any atom is -0.374 e. The van der Waals surface area contributed by atoms with Gasteiger partial charge in [0.05, 0.1) is 36.5 Å². The third-order valence-corrected chi connectivity index (χ3v) is 6.62. The van der Waals surface area contributed by atoms with Crippen LogP contribution in [0.15, 0.2) is 90.0 Å². The molecule has 35 heavy (non-hydrogen) atoms. The molecule has 0 saturated heterocycles. The Morgan fingerprint density at radius 2 is 1.60 bits per heavy atom. The lowest BCUT2D eigenvalue weighted by Gasteiger charge is -2.29. The first-order valence-corrected chi connectivity index (χ1v) is 12.2. The number of fused-ring (bicyclic) bond motifs is 1. The normalized spacial score (nSPS) is 17.8. The van der Waals surface area contributed by atoms with E-state index in [0.29, 0.717) is 29.6 Å². The van der Waals surface area contributed by atoms with Gasteiger partial charge in [0.25, 0.3) is 11.5 Å². The van der Waals surface area contributed by atoms with Gasteiger partial charge in [0, 0.05) is 11.6 Å². The molecule has 1 fully saturated rings. The lowest BCUT2D eigenvalue weighted by atomic mass is 9.92. The lowest BCUT2D eigenvalue weighted by molar-refractivity contribution is 0.0113. The highest BCUT2D eigenvalue weighted by Gasteiger charge is 2.23. The molecule has 1 heterocycles. The van der Waals surface area contributed by atoms with Gasteiger partial charge in [0.15, 0.2) is 0 Å². The molecule has 1 aliphatic carbocycles. The van der Waals surface area contributed by atoms with Gasteiger partial charge in [-0.2, -0.15) is 0 Å². The molecular formula is C29H29N3O3. The molecule has 1 amide bonds. The molecule has 0 radical (unpaired) electrons. The summed E-state index contributed by atoms with van der Waals surface area (Å²) >= 11 is 0. The number of nitrogens with one attached hydrogen (secondary N) is 1. The van der Waals surface area contributed by atoms with Crippen molar-refractivity contribution in [2.24, 2.45) is 0 Å². The fourth-order valence-electron chi connectivity index (χ4n) is 4.62. The first-order valence-electron chi connectivity index (χ1n) is 12.2. The maximum absolute atomic E-state index is 12.9. The summed E-state index contributed by atoms with van der Waals surface area (Å²) < 4.78 is 7.65. The van der Waals surface area contributed by atoms with Crippen LogP contribution in [-0.4, -0.2) is 27.6 Å². The van der Waals surface area contributed by atoms with Crippen molar-refractivity contribution in [2.45, 2.75) is 51.0 Å². The number of carbonyl (C=O) groups excluding carboxylic acids is 1. The molecule has 1 saturated carbocycles. The topological polar surface area (TPSA) is 73.2 Å². The fraction of sp³-hybridized carbons (Fsp3) is 0.276. The van der Waals surface area contributed by atoms with Crippen molar-refractivity contribution in [3.8, 4) is 0 Å². The number of carbonyl (C=O) groups is 1. The molecule has 0 unspecified atom stereocenters. The highest BCUT2D eigenvalue weighted by Crippen LogP contribution is 2.23. The van der Waals surface area contributed by atoms with Gasteiger partial charge in [-0.15, -0.1) is 0 Å². The van der Waals surface area contributed by atoms with E-state index in [0.717, 1.165) is 31.2 Å². The Morgan fingerprint density at radius 1 is 0.914 bits per heavy atom. The fourth-order valence-corrected chi connectivity index (χ4v) is 4.62. The summed E-state index contributed by atoms with van der Waals surface area (Å²) in [5.74, 6) is -0.129. The minimum atomic E-state index is -0.129. The molecule has 178 valence electrons. The largest absolute Gasteiger partial charge is 0.374 e. The molecule has 5 rings (SSSR count). The molecule has 1 N–H and O–H groups in total. The monoisotopic (exact) mass is 467 g/mol. The van der Waals surface area contributed by atoms with Gasteiger partial charge in [0.1, 0.15) is 0 Å². The smallest absolute Gasteiger partial charge is 0.261 e. The Bertz CT molecular complexity index is 1340. The highest BCUT2D eigenvalue weighted by atomic mass is 16.5. The standard InChI is InChI=1S/C29H29N3O3/c33-28(31-24-12-14-25(15-13-24)35-19-22-9-5-2-6-10-22)23-11-16-26-27(17-23)30-20-32(29(26)34)18-21-7-3-1-4-8-21/h1-11,16-17,20,24-25H,12-15,18-19H2,(H,31,33). The van der Waals surface area contributed by atoms with E-state index in [1.165, 1.54) is 5.56 Å². The quantitative estimate of drug-likeness (QED) is 0.428. The van der Waals surface area contributed by atoms with Crippen LogP contribution >= 0.6 is 0 Å². The van der Waals surface area contributed by atoms with Crippen molar-refractivity contribution in [3.63, 3.8) is 0 Å². The molecule has 0 spiro atoms. The van der Waals surface area contributed by atoms with Gasteiger partial charge in [-0.05, 0) is 55.0 Å². The molecule has 0 aliphatic heterocycles. The predicted molar refractivity (Wildman–Crippen MR) is 136 cm³/mol. The van der Waals surface area contributed by atoms with Crippen molar-refractivity contribution < 1.29 is 9.53 Å². The number of ether oxygens (including phenoxy) is 1. The van der Waals surface area contributed by atoms with Crippen molar-refractivity contribution in [3.05, 3.63) is 112 Å². The summed E-state index contributed by atoms with van der Waals surface area (Å²) in [5, 5.41) is 3.66. The van der Waals surface area contributed by atoms with E-state index in [4.69, 9.17) is 4.74 Å². The lowest BCUT2D eigenvalue weighted by Crippen LogP contribution is -2.39. The van der Waals surface area contributed by atoms with Gasteiger partial charge in [-0.3, -0.25) is 14.2 Å². The molecular weight excluding hydrogens is 438 g/mol. The summed E-state index contributed by atoms with van der Waals surface area (Å²) in [5.41, 5.74) is 3.16. The molecule has 4 aromatic rings. The van der Waals surface area contributed by atoms with Gasteiger partial charge in [0.2, 0.25) is 0 Å². The number of benzene rings is 3. The number of amides is 1. The van der Waals surface area contributed by atoms with Crippen LogP contribution < -0.4 is 10.9 Å². The SMILES string of the molecule is O=C(NC1CCC(OCc2ccccc2)CC1)c1ccc2c(=O)n(Cc3ccccc3)cnc2c1. The van der Waals surface area contributed by atoms with E-state index >= 15 is 0 Å². The van der Waals surface area contributed by atoms with Crippen LogP contribution in [0, 0.1) is 0 Å². The Hall–Kier alpha value is -3.77. The van der Waals surface area contributed by atoms with E-state index in [-0.39, 0.29) is 23.6 Å². The third-order valence-electron chi connectivity index (χ3n) is 6.62. The Kier molecular flexibility index (Phi) is 7.00. The van der Waals surface area contributed by atoms with Gasteiger partial charge in [-0.1, -0.05) is 60.7 Å².